The fourth-order valence-electron chi connectivity index (χ4n) is 4.84. The molecule has 0 radical (unpaired) electrons. The Balaban J connectivity index is 1.75. The second kappa shape index (κ2) is 8.28. The second-order valence-electron chi connectivity index (χ2n) is 8.39. The summed E-state index contributed by atoms with van der Waals surface area (Å²) in [6.45, 7) is 2.63. The Kier molecular flexibility index (Phi) is 5.68. The molecule has 31 heavy (non-hydrogen) atoms. The lowest BCUT2D eigenvalue weighted by Crippen LogP contribution is -2.43. The molecule has 1 fully saturated rings. The van der Waals surface area contributed by atoms with Gasteiger partial charge in [0.05, 0.1) is 12.0 Å². The van der Waals surface area contributed by atoms with Crippen molar-refractivity contribution in [3.05, 3.63) is 58.0 Å². The number of benzene rings is 1. The Labute approximate surface area is 180 Å². The number of aliphatic hydroxyl groups is 1. The van der Waals surface area contributed by atoms with E-state index in [4.69, 9.17) is 0 Å². The summed E-state index contributed by atoms with van der Waals surface area (Å²) in [5, 5.41) is 16.3. The smallest absolute Gasteiger partial charge is 0.258 e. The maximum atomic E-state index is 13.4. The molecule has 164 valence electrons. The molecule has 2 aliphatic heterocycles. The fraction of sp³-hybridized carbons (Fsp3) is 0.435. The van der Waals surface area contributed by atoms with Crippen molar-refractivity contribution in [3.8, 4) is 11.1 Å². The molecule has 0 unspecified atom stereocenters. The first-order valence-electron chi connectivity index (χ1n) is 10.6. The number of pyridine rings is 1. The third-order valence-electron chi connectivity index (χ3n) is 6.33. The molecule has 1 aromatic carbocycles. The minimum Gasteiger partial charge on any atom is -0.396 e. The normalized spacial score (nSPS) is 23.9. The number of fused-ring (bicyclic) bond motifs is 4. The summed E-state index contributed by atoms with van der Waals surface area (Å²) in [5.41, 5.74) is 2.30. The number of nitrogens with zero attached hydrogens (tertiary/aromatic N) is 2. The van der Waals surface area contributed by atoms with E-state index in [1.807, 2.05) is 19.1 Å². The number of nitrogens with one attached hydrogen (secondary N) is 2. The largest absolute Gasteiger partial charge is 0.396 e. The van der Waals surface area contributed by atoms with Gasteiger partial charge in [0.15, 0.2) is 0 Å². The number of rotatable bonds is 5. The average molecular weight is 425 g/mol. The van der Waals surface area contributed by atoms with E-state index in [1.54, 1.807) is 42.9 Å². The van der Waals surface area contributed by atoms with Crippen LogP contribution in [0.2, 0.25) is 0 Å². The van der Waals surface area contributed by atoms with Gasteiger partial charge in [0, 0.05) is 62.6 Å². The van der Waals surface area contributed by atoms with E-state index in [-0.39, 0.29) is 42.0 Å². The van der Waals surface area contributed by atoms with Gasteiger partial charge in [-0.2, -0.15) is 0 Å². The summed E-state index contributed by atoms with van der Waals surface area (Å²) in [5.74, 6) is -0.936. The lowest BCUT2D eigenvalue weighted by atomic mass is 9.86. The van der Waals surface area contributed by atoms with Gasteiger partial charge in [0.1, 0.15) is 0 Å². The molecule has 8 nitrogen and oxygen atoms in total. The van der Waals surface area contributed by atoms with Crippen LogP contribution in [0.4, 0.5) is 0 Å². The van der Waals surface area contributed by atoms with Crippen LogP contribution in [0.5, 0.6) is 0 Å². The van der Waals surface area contributed by atoms with Gasteiger partial charge in [-0.3, -0.25) is 14.4 Å². The van der Waals surface area contributed by atoms with Crippen LogP contribution >= 0.6 is 0 Å². The summed E-state index contributed by atoms with van der Waals surface area (Å²) in [4.78, 5) is 40.0. The van der Waals surface area contributed by atoms with Crippen LogP contribution in [0.3, 0.4) is 0 Å². The number of hydrogen-bond donors (Lipinski definition) is 3. The van der Waals surface area contributed by atoms with Crippen molar-refractivity contribution < 1.29 is 14.7 Å². The summed E-state index contributed by atoms with van der Waals surface area (Å²) >= 11 is 0. The number of aromatic nitrogens is 1. The molecular weight excluding hydrogens is 396 g/mol. The van der Waals surface area contributed by atoms with Crippen LogP contribution in [0.1, 0.15) is 29.0 Å². The first-order valence-corrected chi connectivity index (χ1v) is 10.6. The van der Waals surface area contributed by atoms with Gasteiger partial charge in [-0.25, -0.2) is 0 Å². The van der Waals surface area contributed by atoms with Crippen molar-refractivity contribution in [2.45, 2.75) is 25.6 Å². The molecule has 3 N–H and O–H groups in total. The SMILES string of the molecule is CCNC(=O)[C@@H]1[C@@H](CO)[C@@H]2Cn3c(ccc(-c4cccc(C(=O)N(C)C)c4)c3=O)[C@H]1N2. The molecule has 2 amide bonds. The van der Waals surface area contributed by atoms with Gasteiger partial charge in [-0.05, 0) is 36.8 Å². The summed E-state index contributed by atoms with van der Waals surface area (Å²) in [6, 6.07) is 10.2. The zero-order chi connectivity index (χ0) is 22.3. The Morgan fingerprint density at radius 2 is 2.03 bits per heavy atom. The van der Waals surface area contributed by atoms with Crippen molar-refractivity contribution >= 4 is 11.8 Å². The lowest BCUT2D eigenvalue weighted by molar-refractivity contribution is -0.127. The second-order valence-corrected chi connectivity index (χ2v) is 8.39. The van der Waals surface area contributed by atoms with Gasteiger partial charge in [0.2, 0.25) is 5.91 Å². The van der Waals surface area contributed by atoms with E-state index < -0.39 is 5.92 Å². The van der Waals surface area contributed by atoms with Crippen molar-refractivity contribution in [2.24, 2.45) is 11.8 Å². The lowest BCUT2D eigenvalue weighted by Gasteiger charge is -2.28. The summed E-state index contributed by atoms with van der Waals surface area (Å²) < 4.78 is 1.71. The van der Waals surface area contributed by atoms with Gasteiger partial charge in [-0.15, -0.1) is 0 Å². The standard InChI is InChI=1S/C23H28N4O4/c1-4-24-21(29)19-16(12-28)17-11-27-18(20(19)25-17)9-8-15(23(27)31)13-6-5-7-14(10-13)22(30)26(2)3/h5-10,16-17,19-20,25,28H,4,11-12H2,1-3H3,(H,24,29)/t16-,17-,19+,20+/m0/s1. The zero-order valence-corrected chi connectivity index (χ0v) is 18.0. The first kappa shape index (κ1) is 21.3. The van der Waals surface area contributed by atoms with Crippen molar-refractivity contribution in [1.82, 2.24) is 20.1 Å². The van der Waals surface area contributed by atoms with E-state index in [0.29, 0.717) is 29.8 Å². The predicted molar refractivity (Wildman–Crippen MR) is 117 cm³/mol. The molecule has 0 saturated carbocycles. The van der Waals surface area contributed by atoms with E-state index in [2.05, 4.69) is 10.6 Å². The van der Waals surface area contributed by atoms with Crippen LogP contribution in [0, 0.1) is 11.8 Å². The summed E-state index contributed by atoms with van der Waals surface area (Å²) in [6.07, 6.45) is 0. The predicted octanol–water partition coefficient (Wildman–Crippen LogP) is 0.604. The molecule has 4 atom stereocenters. The van der Waals surface area contributed by atoms with Gasteiger partial charge >= 0.3 is 0 Å². The Morgan fingerprint density at radius 1 is 1.26 bits per heavy atom. The molecule has 0 aliphatic carbocycles. The van der Waals surface area contributed by atoms with Gasteiger partial charge in [-0.1, -0.05) is 12.1 Å². The van der Waals surface area contributed by atoms with Crippen LogP contribution in [0.15, 0.2) is 41.2 Å². The molecule has 2 bridgehead atoms. The molecule has 2 aliphatic rings. The van der Waals surface area contributed by atoms with Crippen molar-refractivity contribution in [1.29, 1.82) is 0 Å². The van der Waals surface area contributed by atoms with Crippen LogP contribution in [-0.2, 0) is 11.3 Å². The average Bonchev–Trinajstić information content (AvgIpc) is 3.06. The van der Waals surface area contributed by atoms with Crippen LogP contribution in [-0.4, -0.2) is 59.7 Å². The van der Waals surface area contributed by atoms with E-state index in [1.165, 1.54) is 4.90 Å². The molecule has 8 heteroatoms. The topological polar surface area (TPSA) is 104 Å². The molecular formula is C23H28N4O4. The Bertz CT molecular complexity index is 1080. The number of hydrogen-bond acceptors (Lipinski definition) is 5. The molecule has 1 aromatic heterocycles. The van der Waals surface area contributed by atoms with E-state index in [9.17, 15) is 19.5 Å². The highest BCUT2D eigenvalue weighted by Gasteiger charge is 2.50. The maximum absolute atomic E-state index is 13.4. The zero-order valence-electron chi connectivity index (χ0n) is 18.0. The van der Waals surface area contributed by atoms with Gasteiger partial charge < -0.3 is 25.2 Å². The van der Waals surface area contributed by atoms with Crippen LogP contribution < -0.4 is 16.2 Å². The number of amides is 2. The quantitative estimate of drug-likeness (QED) is 0.652. The van der Waals surface area contributed by atoms with Gasteiger partial charge in [0.25, 0.3) is 11.5 Å². The van der Waals surface area contributed by atoms with E-state index >= 15 is 0 Å². The number of aliphatic hydroxyl groups excluding tert-OH is 1. The minimum atomic E-state index is -0.435. The third-order valence-corrected chi connectivity index (χ3v) is 6.33. The highest BCUT2D eigenvalue weighted by Crippen LogP contribution is 2.41. The first-order chi connectivity index (χ1) is 14.9. The fourth-order valence-corrected chi connectivity index (χ4v) is 4.84. The van der Waals surface area contributed by atoms with Crippen molar-refractivity contribution in [2.75, 3.05) is 27.2 Å². The number of carbonyl (C=O) groups excluding carboxylic acids is 2. The Morgan fingerprint density at radius 3 is 2.71 bits per heavy atom. The monoisotopic (exact) mass is 424 g/mol. The summed E-state index contributed by atoms with van der Waals surface area (Å²) in [7, 11) is 3.38. The third kappa shape index (κ3) is 3.55. The van der Waals surface area contributed by atoms with E-state index in [0.717, 1.165) is 5.69 Å². The molecule has 0 spiro atoms. The highest BCUT2D eigenvalue weighted by molar-refractivity contribution is 5.95. The number of carbonyl (C=O) groups is 2. The molecule has 4 rings (SSSR count). The van der Waals surface area contributed by atoms with Crippen molar-refractivity contribution in [3.63, 3.8) is 0 Å². The van der Waals surface area contributed by atoms with Crippen LogP contribution in [0.25, 0.3) is 11.1 Å². The minimum absolute atomic E-state index is 0.110. The molecule has 1 saturated heterocycles. The molecule has 3 heterocycles. The molecule has 2 aromatic rings. The highest BCUT2D eigenvalue weighted by atomic mass is 16.3. The maximum Gasteiger partial charge on any atom is 0.258 e. The Hall–Kier alpha value is -2.97.